The molecule has 2 aromatic carbocycles. The average molecular weight is 447 g/mol. The van der Waals surface area contributed by atoms with Gasteiger partial charge in [0, 0.05) is 24.1 Å². The number of benzene rings is 2. The summed E-state index contributed by atoms with van der Waals surface area (Å²) in [5, 5.41) is 3.37. The van der Waals surface area contributed by atoms with Crippen LogP contribution < -0.4 is 5.32 Å². The standard InChI is InChI=1S/C29H38N2O2/c1-22(19-20-23-13-7-6-8-14-23)31-27(32)26-18-12-11-15-24(26)21-29(31,2)28(33)30-25-16-9-4-3-5-10-17-25/h6-8,11-15,18,22,25H,3-5,9-10,16-17,19-21H2,1-2H3,(H,30,33). The van der Waals surface area contributed by atoms with Gasteiger partial charge in [-0.05, 0) is 56.7 Å². The molecule has 4 heteroatoms. The topological polar surface area (TPSA) is 49.4 Å². The number of carbonyl (C=O) groups excluding carboxylic acids is 2. The number of amides is 2. The van der Waals surface area contributed by atoms with Crippen molar-refractivity contribution in [1.29, 1.82) is 0 Å². The fourth-order valence-corrected chi connectivity index (χ4v) is 5.66. The lowest BCUT2D eigenvalue weighted by Crippen LogP contribution is -2.65. The van der Waals surface area contributed by atoms with Gasteiger partial charge in [0.2, 0.25) is 5.91 Å². The van der Waals surface area contributed by atoms with Gasteiger partial charge in [-0.3, -0.25) is 9.59 Å². The molecule has 4 rings (SSSR count). The van der Waals surface area contributed by atoms with E-state index in [1.165, 1.54) is 37.7 Å². The Kier molecular flexibility index (Phi) is 7.52. The predicted octanol–water partition coefficient (Wildman–Crippen LogP) is 5.69. The first kappa shape index (κ1) is 23.5. The van der Waals surface area contributed by atoms with E-state index in [2.05, 4.69) is 36.5 Å². The molecule has 0 bridgehead atoms. The highest BCUT2D eigenvalue weighted by atomic mass is 16.2. The molecule has 33 heavy (non-hydrogen) atoms. The number of hydrogen-bond donors (Lipinski definition) is 1. The van der Waals surface area contributed by atoms with Gasteiger partial charge in [0.1, 0.15) is 5.54 Å². The van der Waals surface area contributed by atoms with E-state index in [9.17, 15) is 9.59 Å². The maximum Gasteiger partial charge on any atom is 0.255 e. The van der Waals surface area contributed by atoms with Crippen LogP contribution in [0.4, 0.5) is 0 Å². The number of aryl methyl sites for hydroxylation is 1. The van der Waals surface area contributed by atoms with Crippen LogP contribution in [-0.4, -0.2) is 34.3 Å². The van der Waals surface area contributed by atoms with Crippen molar-refractivity contribution in [1.82, 2.24) is 10.2 Å². The summed E-state index contributed by atoms with van der Waals surface area (Å²) in [5.74, 6) is -0.0183. The van der Waals surface area contributed by atoms with Crippen molar-refractivity contribution in [3.63, 3.8) is 0 Å². The second-order valence-corrected chi connectivity index (χ2v) is 10.2. The minimum Gasteiger partial charge on any atom is -0.351 e. The van der Waals surface area contributed by atoms with E-state index in [0.29, 0.717) is 6.42 Å². The first-order valence-electron chi connectivity index (χ1n) is 12.8. The number of rotatable bonds is 6. The molecule has 2 atom stereocenters. The number of carbonyl (C=O) groups is 2. The minimum absolute atomic E-state index is 0.00230. The monoisotopic (exact) mass is 446 g/mol. The number of fused-ring (bicyclic) bond motifs is 1. The van der Waals surface area contributed by atoms with Gasteiger partial charge in [-0.25, -0.2) is 0 Å². The Balaban J connectivity index is 1.57. The van der Waals surface area contributed by atoms with Crippen molar-refractivity contribution < 1.29 is 9.59 Å². The zero-order valence-corrected chi connectivity index (χ0v) is 20.2. The lowest BCUT2D eigenvalue weighted by molar-refractivity contribution is -0.133. The second kappa shape index (κ2) is 10.5. The second-order valence-electron chi connectivity index (χ2n) is 10.2. The van der Waals surface area contributed by atoms with Crippen LogP contribution in [0.5, 0.6) is 0 Å². The van der Waals surface area contributed by atoms with Crippen LogP contribution in [0.3, 0.4) is 0 Å². The Hall–Kier alpha value is -2.62. The molecule has 2 unspecified atom stereocenters. The molecule has 1 fully saturated rings. The van der Waals surface area contributed by atoms with E-state index in [1.807, 2.05) is 42.2 Å². The Bertz CT molecular complexity index is 949. The van der Waals surface area contributed by atoms with Gasteiger partial charge in [-0.1, -0.05) is 80.6 Å². The van der Waals surface area contributed by atoms with E-state index < -0.39 is 5.54 Å². The molecular formula is C29H38N2O2. The van der Waals surface area contributed by atoms with Crippen molar-refractivity contribution in [2.45, 2.75) is 95.7 Å². The minimum atomic E-state index is -0.885. The van der Waals surface area contributed by atoms with E-state index >= 15 is 0 Å². The van der Waals surface area contributed by atoms with E-state index in [-0.39, 0.29) is 23.9 Å². The molecule has 0 aromatic heterocycles. The van der Waals surface area contributed by atoms with Crippen molar-refractivity contribution in [2.24, 2.45) is 0 Å². The highest BCUT2D eigenvalue weighted by molar-refractivity contribution is 6.02. The van der Waals surface area contributed by atoms with Gasteiger partial charge in [-0.15, -0.1) is 0 Å². The molecule has 2 aromatic rings. The van der Waals surface area contributed by atoms with Crippen molar-refractivity contribution in [3.05, 3.63) is 71.3 Å². The summed E-state index contributed by atoms with van der Waals surface area (Å²) in [5.41, 5.74) is 2.09. The third kappa shape index (κ3) is 5.31. The quantitative estimate of drug-likeness (QED) is 0.619. The van der Waals surface area contributed by atoms with Gasteiger partial charge >= 0.3 is 0 Å². The molecule has 1 aliphatic carbocycles. The van der Waals surface area contributed by atoms with E-state index in [0.717, 1.165) is 36.8 Å². The fraction of sp³-hybridized carbons (Fsp3) is 0.517. The van der Waals surface area contributed by atoms with Crippen molar-refractivity contribution in [3.8, 4) is 0 Å². The highest BCUT2D eigenvalue weighted by Gasteiger charge is 2.48. The van der Waals surface area contributed by atoms with Gasteiger partial charge in [0.25, 0.3) is 5.91 Å². The summed E-state index contributed by atoms with van der Waals surface area (Å²) in [7, 11) is 0. The van der Waals surface area contributed by atoms with E-state index in [4.69, 9.17) is 0 Å². The predicted molar refractivity (Wildman–Crippen MR) is 133 cm³/mol. The maximum absolute atomic E-state index is 13.8. The molecule has 0 saturated heterocycles. The molecule has 176 valence electrons. The smallest absolute Gasteiger partial charge is 0.255 e. The molecule has 1 heterocycles. The summed E-state index contributed by atoms with van der Waals surface area (Å²) >= 11 is 0. The van der Waals surface area contributed by atoms with Crippen LogP contribution in [0.1, 0.15) is 86.7 Å². The van der Waals surface area contributed by atoms with Gasteiger partial charge in [-0.2, -0.15) is 0 Å². The van der Waals surface area contributed by atoms with Gasteiger partial charge in [0.15, 0.2) is 0 Å². The molecule has 2 aliphatic rings. The van der Waals surface area contributed by atoms with Crippen LogP contribution in [0.15, 0.2) is 54.6 Å². The van der Waals surface area contributed by atoms with Crippen molar-refractivity contribution in [2.75, 3.05) is 0 Å². The molecule has 0 spiro atoms. The summed E-state index contributed by atoms with van der Waals surface area (Å²) in [6.07, 6.45) is 10.5. The van der Waals surface area contributed by atoms with E-state index in [1.54, 1.807) is 0 Å². The Morgan fingerprint density at radius 3 is 2.36 bits per heavy atom. The zero-order valence-electron chi connectivity index (χ0n) is 20.2. The Morgan fingerprint density at radius 2 is 1.64 bits per heavy atom. The molecule has 4 nitrogen and oxygen atoms in total. The van der Waals surface area contributed by atoms with Crippen LogP contribution in [-0.2, 0) is 17.6 Å². The normalized spacial score (nSPS) is 22.7. The third-order valence-corrected chi connectivity index (χ3v) is 7.60. The molecule has 1 aliphatic heterocycles. The van der Waals surface area contributed by atoms with Gasteiger partial charge in [0.05, 0.1) is 0 Å². The van der Waals surface area contributed by atoms with Crippen LogP contribution >= 0.6 is 0 Å². The molecule has 0 radical (unpaired) electrons. The van der Waals surface area contributed by atoms with Crippen LogP contribution in [0.25, 0.3) is 0 Å². The SMILES string of the molecule is CC(CCc1ccccc1)N1C(=O)c2ccccc2CC1(C)C(=O)NC1CCCCCCC1. The molecule has 1 saturated carbocycles. The average Bonchev–Trinajstić information content (AvgIpc) is 2.80. The Labute approximate surface area is 198 Å². The first-order chi connectivity index (χ1) is 16.0. The first-order valence-corrected chi connectivity index (χ1v) is 12.8. The summed E-state index contributed by atoms with van der Waals surface area (Å²) in [4.78, 5) is 29.4. The van der Waals surface area contributed by atoms with Gasteiger partial charge < -0.3 is 10.2 Å². The fourth-order valence-electron chi connectivity index (χ4n) is 5.66. The molecule has 2 amide bonds. The maximum atomic E-state index is 13.8. The lowest BCUT2D eigenvalue weighted by Gasteiger charge is -2.47. The number of hydrogen-bond acceptors (Lipinski definition) is 2. The Morgan fingerprint density at radius 1 is 1.00 bits per heavy atom. The highest BCUT2D eigenvalue weighted by Crippen LogP contribution is 2.34. The molecule has 1 N–H and O–H groups in total. The zero-order chi connectivity index (χ0) is 23.3. The summed E-state index contributed by atoms with van der Waals surface area (Å²) < 4.78 is 0. The number of nitrogens with one attached hydrogen (secondary N) is 1. The van der Waals surface area contributed by atoms with Crippen LogP contribution in [0, 0.1) is 0 Å². The lowest BCUT2D eigenvalue weighted by atomic mass is 9.81. The van der Waals surface area contributed by atoms with Crippen molar-refractivity contribution >= 4 is 11.8 Å². The third-order valence-electron chi connectivity index (χ3n) is 7.60. The number of nitrogens with zero attached hydrogens (tertiary/aromatic N) is 1. The largest absolute Gasteiger partial charge is 0.351 e. The van der Waals surface area contributed by atoms with Crippen LogP contribution in [0.2, 0.25) is 0 Å². The molecular weight excluding hydrogens is 408 g/mol. The summed E-state index contributed by atoms with van der Waals surface area (Å²) in [6.45, 7) is 4.06. The summed E-state index contributed by atoms with van der Waals surface area (Å²) in [6, 6.07) is 18.3.